The monoisotopic (exact) mass is 313 g/mol. The van der Waals surface area contributed by atoms with Gasteiger partial charge in [-0.05, 0) is 6.92 Å². The Balaban J connectivity index is 2.07. The molecular formula is C14H19NO7. The van der Waals surface area contributed by atoms with E-state index in [0.717, 1.165) is 0 Å². The van der Waals surface area contributed by atoms with Crippen molar-refractivity contribution in [1.82, 2.24) is 5.32 Å². The van der Waals surface area contributed by atoms with Crippen LogP contribution in [-0.2, 0) is 33.4 Å². The predicted octanol–water partition coefficient (Wildman–Crippen LogP) is -0.139. The Bertz CT molecular complexity index is 472. The second-order valence-electron chi connectivity index (χ2n) is 4.76. The van der Waals surface area contributed by atoms with Crippen LogP contribution in [-0.4, -0.2) is 49.7 Å². The van der Waals surface area contributed by atoms with E-state index in [1.165, 1.54) is 0 Å². The van der Waals surface area contributed by atoms with Gasteiger partial charge < -0.3 is 19.5 Å². The molecule has 1 rings (SSSR count). The highest BCUT2D eigenvalue weighted by molar-refractivity contribution is 5.92. The topological polar surface area (TPSA) is 108 Å². The minimum Gasteiger partial charge on any atom is -0.464 e. The number of rotatable bonds is 8. The quantitative estimate of drug-likeness (QED) is 0.287. The van der Waals surface area contributed by atoms with Crippen LogP contribution in [0.5, 0.6) is 0 Å². The fraction of sp³-hybridized carbons (Fsp3) is 0.571. The minimum absolute atomic E-state index is 0.0118. The van der Waals surface area contributed by atoms with Crippen molar-refractivity contribution in [3.8, 4) is 0 Å². The second-order valence-corrected chi connectivity index (χ2v) is 4.76. The number of carbonyl (C=O) groups excluding carboxylic acids is 4. The molecule has 1 amide bonds. The number of amides is 1. The van der Waals surface area contributed by atoms with E-state index >= 15 is 0 Å². The zero-order chi connectivity index (χ0) is 16.5. The molecule has 0 aliphatic carbocycles. The molecule has 1 aliphatic rings. The van der Waals surface area contributed by atoms with Crippen molar-refractivity contribution in [2.75, 3.05) is 19.8 Å². The SMILES string of the molecule is C=C(C)C(=O)NCCOC(=O)CCC(=O)OC1COC(=O)C1. The van der Waals surface area contributed by atoms with Gasteiger partial charge in [-0.1, -0.05) is 6.58 Å². The van der Waals surface area contributed by atoms with Gasteiger partial charge in [-0.3, -0.25) is 19.2 Å². The molecule has 1 saturated heterocycles. The molecule has 1 N–H and O–H groups in total. The van der Waals surface area contributed by atoms with E-state index in [-0.39, 0.29) is 44.9 Å². The van der Waals surface area contributed by atoms with Crippen LogP contribution in [0.25, 0.3) is 0 Å². The van der Waals surface area contributed by atoms with Gasteiger partial charge in [0, 0.05) is 5.57 Å². The summed E-state index contributed by atoms with van der Waals surface area (Å²) in [5.41, 5.74) is 0.364. The number of esters is 3. The van der Waals surface area contributed by atoms with Crippen LogP contribution in [0.3, 0.4) is 0 Å². The minimum atomic E-state index is -0.587. The van der Waals surface area contributed by atoms with Crippen molar-refractivity contribution < 1.29 is 33.4 Å². The first-order valence-electron chi connectivity index (χ1n) is 6.83. The van der Waals surface area contributed by atoms with Crippen molar-refractivity contribution in [3.05, 3.63) is 12.2 Å². The Morgan fingerprint density at radius 2 is 2.00 bits per heavy atom. The van der Waals surface area contributed by atoms with Crippen molar-refractivity contribution in [3.63, 3.8) is 0 Å². The van der Waals surface area contributed by atoms with Gasteiger partial charge in [0.2, 0.25) is 5.91 Å². The van der Waals surface area contributed by atoms with Crippen LogP contribution < -0.4 is 5.32 Å². The average Bonchev–Trinajstić information content (AvgIpc) is 2.86. The highest BCUT2D eigenvalue weighted by atomic mass is 16.6. The van der Waals surface area contributed by atoms with Crippen LogP contribution in [0.1, 0.15) is 26.2 Å². The van der Waals surface area contributed by atoms with Crippen molar-refractivity contribution in [2.24, 2.45) is 0 Å². The van der Waals surface area contributed by atoms with Gasteiger partial charge in [-0.2, -0.15) is 0 Å². The summed E-state index contributed by atoms with van der Waals surface area (Å²) in [5.74, 6) is -1.88. The third-order valence-electron chi connectivity index (χ3n) is 2.69. The Kier molecular flexibility index (Phi) is 7.07. The highest BCUT2D eigenvalue weighted by Gasteiger charge is 2.27. The van der Waals surface area contributed by atoms with Gasteiger partial charge in [0.15, 0.2) is 0 Å². The van der Waals surface area contributed by atoms with Gasteiger partial charge in [0.05, 0.1) is 25.8 Å². The zero-order valence-electron chi connectivity index (χ0n) is 12.4. The Morgan fingerprint density at radius 1 is 1.32 bits per heavy atom. The van der Waals surface area contributed by atoms with Gasteiger partial charge >= 0.3 is 17.9 Å². The molecule has 0 radical (unpaired) electrons. The molecule has 1 heterocycles. The largest absolute Gasteiger partial charge is 0.464 e. The van der Waals surface area contributed by atoms with Crippen LogP contribution in [0.15, 0.2) is 12.2 Å². The average molecular weight is 313 g/mol. The Morgan fingerprint density at radius 3 is 2.59 bits per heavy atom. The van der Waals surface area contributed by atoms with E-state index in [4.69, 9.17) is 9.47 Å². The first-order valence-corrected chi connectivity index (χ1v) is 6.83. The van der Waals surface area contributed by atoms with Crippen LogP contribution in [0, 0.1) is 0 Å². The standard InChI is InChI=1S/C14H19NO7/c1-9(2)14(19)15-5-6-20-11(16)3-4-12(17)22-10-7-13(18)21-8-10/h10H,1,3-8H2,2H3,(H,15,19). The molecule has 1 aliphatic heterocycles. The number of carbonyl (C=O) groups is 4. The van der Waals surface area contributed by atoms with Crippen molar-refractivity contribution in [1.29, 1.82) is 0 Å². The summed E-state index contributed by atoms with van der Waals surface area (Å²) in [7, 11) is 0. The summed E-state index contributed by atoms with van der Waals surface area (Å²) in [5, 5.41) is 2.50. The van der Waals surface area contributed by atoms with Gasteiger partial charge in [-0.25, -0.2) is 0 Å². The number of nitrogens with one attached hydrogen (secondary N) is 1. The number of hydrogen-bond acceptors (Lipinski definition) is 7. The Hall–Kier alpha value is -2.38. The highest BCUT2D eigenvalue weighted by Crippen LogP contribution is 2.11. The summed E-state index contributed by atoms with van der Waals surface area (Å²) in [4.78, 5) is 44.8. The molecular weight excluding hydrogens is 294 g/mol. The van der Waals surface area contributed by atoms with E-state index < -0.39 is 24.0 Å². The lowest BCUT2D eigenvalue weighted by atomic mass is 10.3. The first kappa shape index (κ1) is 17.7. The maximum Gasteiger partial charge on any atom is 0.309 e. The van der Waals surface area contributed by atoms with Crippen LogP contribution >= 0.6 is 0 Å². The molecule has 0 aromatic carbocycles. The number of ether oxygens (including phenoxy) is 3. The summed E-state index contributed by atoms with van der Waals surface area (Å²) in [6.07, 6.45) is -0.803. The molecule has 8 heteroatoms. The summed E-state index contributed by atoms with van der Waals surface area (Å²) in [6.45, 7) is 5.26. The lowest BCUT2D eigenvalue weighted by molar-refractivity contribution is -0.153. The van der Waals surface area contributed by atoms with E-state index in [1.807, 2.05) is 0 Å². The van der Waals surface area contributed by atoms with Gasteiger partial charge in [0.1, 0.15) is 19.3 Å². The predicted molar refractivity (Wildman–Crippen MR) is 73.5 cm³/mol. The normalized spacial score (nSPS) is 16.6. The van der Waals surface area contributed by atoms with E-state index in [9.17, 15) is 19.2 Å². The lowest BCUT2D eigenvalue weighted by Gasteiger charge is -2.09. The third kappa shape index (κ3) is 6.87. The summed E-state index contributed by atoms with van der Waals surface area (Å²) >= 11 is 0. The smallest absolute Gasteiger partial charge is 0.309 e. The third-order valence-corrected chi connectivity index (χ3v) is 2.69. The fourth-order valence-corrected chi connectivity index (χ4v) is 1.57. The second kappa shape index (κ2) is 8.81. The first-order chi connectivity index (χ1) is 10.4. The van der Waals surface area contributed by atoms with Crippen molar-refractivity contribution in [2.45, 2.75) is 32.3 Å². The molecule has 1 fully saturated rings. The van der Waals surface area contributed by atoms with E-state index in [0.29, 0.717) is 5.57 Å². The molecule has 0 saturated carbocycles. The fourth-order valence-electron chi connectivity index (χ4n) is 1.57. The zero-order valence-corrected chi connectivity index (χ0v) is 12.4. The molecule has 0 spiro atoms. The molecule has 0 bridgehead atoms. The molecule has 1 atom stereocenters. The molecule has 8 nitrogen and oxygen atoms in total. The van der Waals surface area contributed by atoms with E-state index in [2.05, 4.69) is 16.6 Å². The maximum atomic E-state index is 11.4. The summed E-state index contributed by atoms with van der Waals surface area (Å²) in [6, 6.07) is 0. The summed E-state index contributed by atoms with van der Waals surface area (Å²) < 4.78 is 14.4. The Labute approximate surface area is 127 Å². The molecule has 0 aromatic heterocycles. The molecule has 122 valence electrons. The van der Waals surface area contributed by atoms with Gasteiger partial charge in [-0.15, -0.1) is 0 Å². The lowest BCUT2D eigenvalue weighted by Crippen LogP contribution is -2.28. The number of hydrogen-bond donors (Lipinski definition) is 1. The maximum absolute atomic E-state index is 11.4. The molecule has 1 unspecified atom stereocenters. The van der Waals surface area contributed by atoms with Crippen LogP contribution in [0.2, 0.25) is 0 Å². The van der Waals surface area contributed by atoms with E-state index in [1.54, 1.807) is 6.92 Å². The van der Waals surface area contributed by atoms with Crippen LogP contribution in [0.4, 0.5) is 0 Å². The molecule has 22 heavy (non-hydrogen) atoms. The van der Waals surface area contributed by atoms with Crippen molar-refractivity contribution >= 4 is 23.8 Å². The molecule has 0 aromatic rings. The van der Waals surface area contributed by atoms with Gasteiger partial charge in [0.25, 0.3) is 0 Å². The number of cyclic esters (lactones) is 1.